The number of benzene rings is 6. The molecular formula is C46H34N2. The van der Waals surface area contributed by atoms with Crippen LogP contribution in [0.15, 0.2) is 158 Å². The van der Waals surface area contributed by atoms with Crippen molar-refractivity contribution in [2.75, 3.05) is 0 Å². The van der Waals surface area contributed by atoms with Gasteiger partial charge in [0.15, 0.2) is 0 Å². The molecule has 0 fully saturated rings. The third kappa shape index (κ3) is 4.26. The molecule has 1 atom stereocenters. The molecule has 0 saturated heterocycles. The summed E-state index contributed by atoms with van der Waals surface area (Å²) in [4.78, 5) is 0. The topological polar surface area (TPSA) is 9.86 Å². The van der Waals surface area contributed by atoms with E-state index in [4.69, 9.17) is 0 Å². The van der Waals surface area contributed by atoms with E-state index in [1.54, 1.807) is 0 Å². The zero-order chi connectivity index (χ0) is 31.6. The number of nitrogens with zero attached hydrogens (tertiary/aromatic N) is 2. The Bertz CT molecular complexity index is 2640. The predicted molar refractivity (Wildman–Crippen MR) is 204 cm³/mol. The number of rotatable bonds is 4. The molecule has 0 spiro atoms. The Morgan fingerprint density at radius 2 is 1.25 bits per heavy atom. The van der Waals surface area contributed by atoms with E-state index in [0.717, 1.165) is 19.3 Å². The van der Waals surface area contributed by atoms with Crippen LogP contribution in [0.2, 0.25) is 0 Å². The summed E-state index contributed by atoms with van der Waals surface area (Å²) >= 11 is 0. The smallest absolute Gasteiger partial charge is 0.0541 e. The molecule has 2 aromatic heterocycles. The van der Waals surface area contributed by atoms with Crippen molar-refractivity contribution >= 4 is 49.6 Å². The maximum absolute atomic E-state index is 2.46. The molecular weight excluding hydrogens is 581 g/mol. The van der Waals surface area contributed by atoms with Crippen LogP contribution < -0.4 is 0 Å². The Morgan fingerprint density at radius 1 is 0.521 bits per heavy atom. The molecule has 0 aliphatic heterocycles. The van der Waals surface area contributed by atoms with E-state index >= 15 is 0 Å². The van der Waals surface area contributed by atoms with E-state index in [9.17, 15) is 0 Å². The average Bonchev–Trinajstić information content (AvgIpc) is 3.67. The summed E-state index contributed by atoms with van der Waals surface area (Å²) in [6, 6.07) is 47.5. The van der Waals surface area contributed by atoms with Crippen LogP contribution in [0.3, 0.4) is 0 Å². The fraction of sp³-hybridized carbons (Fsp3) is 0.0870. The van der Waals surface area contributed by atoms with Crippen molar-refractivity contribution in [3.63, 3.8) is 0 Å². The first-order valence-corrected chi connectivity index (χ1v) is 17.1. The van der Waals surface area contributed by atoms with Gasteiger partial charge in [0.1, 0.15) is 0 Å². The van der Waals surface area contributed by atoms with Gasteiger partial charge in [-0.1, -0.05) is 103 Å². The highest BCUT2D eigenvalue weighted by Gasteiger charge is 2.20. The number of hydrogen-bond donors (Lipinski definition) is 0. The monoisotopic (exact) mass is 614 g/mol. The summed E-state index contributed by atoms with van der Waals surface area (Å²) in [5.74, 6) is 0.452. The number of hydrogen-bond acceptors (Lipinski definition) is 0. The highest BCUT2D eigenvalue weighted by atomic mass is 15.0. The zero-order valence-electron chi connectivity index (χ0n) is 26.7. The Labute approximate surface area is 280 Å². The predicted octanol–water partition coefficient (Wildman–Crippen LogP) is 12.1. The van der Waals surface area contributed by atoms with Crippen molar-refractivity contribution in [1.29, 1.82) is 0 Å². The summed E-state index contributed by atoms with van der Waals surface area (Å²) in [6.45, 7) is 0. The summed E-state index contributed by atoms with van der Waals surface area (Å²) in [7, 11) is 0. The van der Waals surface area contributed by atoms with Crippen molar-refractivity contribution in [2.45, 2.75) is 25.2 Å². The molecule has 48 heavy (non-hydrogen) atoms. The van der Waals surface area contributed by atoms with Crippen molar-refractivity contribution in [1.82, 2.24) is 9.13 Å². The van der Waals surface area contributed by atoms with E-state index < -0.39 is 0 Å². The Morgan fingerprint density at radius 3 is 2.08 bits per heavy atom. The van der Waals surface area contributed by atoms with Crippen LogP contribution >= 0.6 is 0 Å². The molecule has 0 saturated carbocycles. The molecule has 10 rings (SSSR count). The van der Waals surface area contributed by atoms with Crippen LogP contribution in [0.25, 0.3) is 72.1 Å². The first-order chi connectivity index (χ1) is 23.8. The van der Waals surface area contributed by atoms with Gasteiger partial charge >= 0.3 is 0 Å². The van der Waals surface area contributed by atoms with E-state index in [1.165, 1.54) is 82.8 Å². The number of aryl methyl sites for hydroxylation is 1. The first kappa shape index (κ1) is 27.3. The van der Waals surface area contributed by atoms with Gasteiger partial charge in [0.2, 0.25) is 0 Å². The van der Waals surface area contributed by atoms with Crippen molar-refractivity contribution in [2.24, 2.45) is 0 Å². The second-order valence-corrected chi connectivity index (χ2v) is 13.2. The maximum atomic E-state index is 2.46. The molecule has 6 aromatic carbocycles. The largest absolute Gasteiger partial charge is 0.310 e. The standard InChI is InChI=1S/C46H34N2/c1-2-10-31(11-3-1)33-18-23-37(24-19-33)47-43-16-8-6-14-39(43)41-29-35(21-26-45(41)47)36-22-27-46-42(30-36)40-15-7-9-17-44(40)48(46)38-25-20-32-12-4-5-13-34(32)28-38/h1-6,8-10,12-14,16-31H,7,11,15H2. The van der Waals surface area contributed by atoms with E-state index in [0.29, 0.717) is 5.92 Å². The van der Waals surface area contributed by atoms with E-state index in [2.05, 4.69) is 173 Å². The molecule has 2 heteroatoms. The number of fused-ring (bicyclic) bond motifs is 7. The minimum atomic E-state index is 0.452. The second-order valence-electron chi connectivity index (χ2n) is 13.2. The molecule has 228 valence electrons. The molecule has 2 aliphatic rings. The van der Waals surface area contributed by atoms with Gasteiger partial charge in [0.05, 0.1) is 16.6 Å². The second kappa shape index (κ2) is 10.9. The van der Waals surface area contributed by atoms with Crippen molar-refractivity contribution < 1.29 is 0 Å². The minimum Gasteiger partial charge on any atom is -0.310 e. The first-order valence-electron chi connectivity index (χ1n) is 17.1. The Kier molecular flexibility index (Phi) is 6.17. The molecule has 0 amide bonds. The summed E-state index contributed by atoms with van der Waals surface area (Å²) < 4.78 is 4.88. The lowest BCUT2D eigenvalue weighted by molar-refractivity contribution is 0.853. The summed E-state index contributed by atoms with van der Waals surface area (Å²) in [5, 5.41) is 6.46. The quantitative estimate of drug-likeness (QED) is 0.187. The maximum Gasteiger partial charge on any atom is 0.0541 e. The van der Waals surface area contributed by atoms with Crippen molar-refractivity contribution in [3.8, 4) is 22.5 Å². The highest BCUT2D eigenvalue weighted by Crippen LogP contribution is 2.39. The van der Waals surface area contributed by atoms with Gasteiger partial charge in [-0.3, -0.25) is 0 Å². The van der Waals surface area contributed by atoms with E-state index in [-0.39, 0.29) is 0 Å². The van der Waals surface area contributed by atoms with Crippen LogP contribution in [0, 0.1) is 0 Å². The lowest BCUT2D eigenvalue weighted by Gasteiger charge is -2.15. The molecule has 8 aromatic rings. The lowest BCUT2D eigenvalue weighted by Crippen LogP contribution is -2.00. The Balaban J connectivity index is 1.10. The third-order valence-electron chi connectivity index (χ3n) is 10.5. The zero-order valence-corrected chi connectivity index (χ0v) is 26.7. The minimum absolute atomic E-state index is 0.452. The fourth-order valence-electron chi connectivity index (χ4n) is 8.14. The Hall–Kier alpha value is -5.86. The summed E-state index contributed by atoms with van der Waals surface area (Å²) in [6.07, 6.45) is 16.7. The van der Waals surface area contributed by atoms with Crippen LogP contribution in [0.1, 0.15) is 35.6 Å². The molecule has 0 N–H and O–H groups in total. The van der Waals surface area contributed by atoms with Gasteiger partial charge in [-0.2, -0.15) is 0 Å². The third-order valence-corrected chi connectivity index (χ3v) is 10.5. The average molecular weight is 615 g/mol. The fourth-order valence-corrected chi connectivity index (χ4v) is 8.14. The molecule has 2 nitrogen and oxygen atoms in total. The molecule has 2 aliphatic carbocycles. The number of para-hydroxylation sites is 1. The number of aromatic nitrogens is 2. The molecule has 1 unspecified atom stereocenters. The van der Waals surface area contributed by atoms with Crippen LogP contribution in [0.5, 0.6) is 0 Å². The van der Waals surface area contributed by atoms with E-state index in [1.807, 2.05) is 0 Å². The SMILES string of the molecule is C1=CCC(c2ccc(-n3c4ccccc4c4cc(-c5ccc6c(c5)c5c(n6-c6ccc7ccccc7c6)C=CCC5)ccc43)cc2)C=C1. The van der Waals surface area contributed by atoms with Crippen molar-refractivity contribution in [3.05, 3.63) is 175 Å². The summed E-state index contributed by atoms with van der Waals surface area (Å²) in [5.41, 5.74) is 12.8. The van der Waals surface area contributed by atoms with Crippen LogP contribution in [0.4, 0.5) is 0 Å². The van der Waals surface area contributed by atoms with Crippen LogP contribution in [-0.2, 0) is 6.42 Å². The van der Waals surface area contributed by atoms with Gasteiger partial charge in [0.25, 0.3) is 0 Å². The molecule has 0 bridgehead atoms. The number of allylic oxidation sites excluding steroid dienone is 5. The van der Waals surface area contributed by atoms with Gasteiger partial charge < -0.3 is 9.13 Å². The molecule has 0 radical (unpaired) electrons. The highest BCUT2D eigenvalue weighted by molar-refractivity contribution is 6.10. The molecule has 2 heterocycles. The lowest BCUT2D eigenvalue weighted by atomic mass is 9.92. The van der Waals surface area contributed by atoms with Gasteiger partial charge in [-0.15, -0.1) is 0 Å². The van der Waals surface area contributed by atoms with Gasteiger partial charge in [-0.25, -0.2) is 0 Å². The van der Waals surface area contributed by atoms with Gasteiger partial charge in [-0.05, 0) is 113 Å². The van der Waals surface area contributed by atoms with Gasteiger partial charge in [0, 0.05) is 39.1 Å². The van der Waals surface area contributed by atoms with Crippen LogP contribution in [-0.4, -0.2) is 9.13 Å². The normalized spacial score (nSPS) is 15.6.